The van der Waals surface area contributed by atoms with Crippen LogP contribution in [0.1, 0.15) is 42.0 Å². The summed E-state index contributed by atoms with van der Waals surface area (Å²) in [7, 11) is -3.23. The first kappa shape index (κ1) is 20.8. The Hall–Kier alpha value is -2.92. The predicted molar refractivity (Wildman–Crippen MR) is 115 cm³/mol. The fraction of sp³-hybridized carbons (Fsp3) is 0.208. The Kier molecular flexibility index (Phi) is 6.49. The lowest BCUT2D eigenvalue weighted by Crippen LogP contribution is -2.28. The predicted octanol–water partition coefficient (Wildman–Crippen LogP) is 4.49. The Morgan fingerprint density at radius 3 is 1.72 bits per heavy atom. The molecule has 0 radical (unpaired) electrons. The molecule has 0 aliphatic heterocycles. The third-order valence-electron chi connectivity index (χ3n) is 4.98. The summed E-state index contributed by atoms with van der Waals surface area (Å²) in [6.07, 6.45) is 1.51. The van der Waals surface area contributed by atoms with Crippen LogP contribution in [0, 0.1) is 0 Å². The maximum absolute atomic E-state index is 12.8. The number of sulfone groups is 1. The van der Waals surface area contributed by atoms with E-state index in [0.29, 0.717) is 6.42 Å². The third-order valence-corrected chi connectivity index (χ3v) is 6.11. The summed E-state index contributed by atoms with van der Waals surface area (Å²) in [6, 6.07) is 26.4. The molecular formula is C24H25NO3S. The van der Waals surface area contributed by atoms with Crippen LogP contribution < -0.4 is 5.32 Å². The van der Waals surface area contributed by atoms with Crippen LogP contribution in [0.15, 0.2) is 89.8 Å². The van der Waals surface area contributed by atoms with Crippen molar-refractivity contribution in [2.24, 2.45) is 0 Å². The zero-order valence-corrected chi connectivity index (χ0v) is 17.4. The first-order valence-corrected chi connectivity index (χ1v) is 11.4. The molecule has 0 aliphatic carbocycles. The van der Waals surface area contributed by atoms with Gasteiger partial charge in [0.05, 0.1) is 10.9 Å². The molecule has 29 heavy (non-hydrogen) atoms. The second-order valence-corrected chi connectivity index (χ2v) is 9.22. The van der Waals surface area contributed by atoms with Gasteiger partial charge in [-0.2, -0.15) is 0 Å². The summed E-state index contributed by atoms with van der Waals surface area (Å²) < 4.78 is 23.2. The van der Waals surface area contributed by atoms with E-state index in [1.807, 2.05) is 67.6 Å². The minimum absolute atomic E-state index is 0.0304. The highest BCUT2D eigenvalue weighted by molar-refractivity contribution is 7.90. The van der Waals surface area contributed by atoms with E-state index < -0.39 is 9.84 Å². The SMILES string of the molecule is C[C@H](NC(=O)CC(c1ccccc1)c1ccccc1)c1ccc(S(C)(=O)=O)cc1. The largest absolute Gasteiger partial charge is 0.350 e. The van der Waals surface area contributed by atoms with Crippen LogP contribution in [0.25, 0.3) is 0 Å². The molecular weight excluding hydrogens is 382 g/mol. The summed E-state index contributed by atoms with van der Waals surface area (Å²) in [5.74, 6) is -0.0837. The highest BCUT2D eigenvalue weighted by Gasteiger charge is 2.19. The molecule has 0 saturated carbocycles. The number of hydrogen-bond acceptors (Lipinski definition) is 3. The number of carbonyl (C=O) groups excluding carboxylic acids is 1. The topological polar surface area (TPSA) is 63.2 Å². The van der Waals surface area contributed by atoms with Crippen molar-refractivity contribution in [3.63, 3.8) is 0 Å². The van der Waals surface area contributed by atoms with Crippen molar-refractivity contribution in [2.75, 3.05) is 6.26 Å². The molecule has 1 amide bonds. The van der Waals surface area contributed by atoms with Crippen molar-refractivity contribution >= 4 is 15.7 Å². The fourth-order valence-electron chi connectivity index (χ4n) is 3.37. The molecule has 5 heteroatoms. The van der Waals surface area contributed by atoms with Gasteiger partial charge in [0.15, 0.2) is 9.84 Å². The summed E-state index contributed by atoms with van der Waals surface area (Å²) in [5, 5.41) is 3.04. The molecule has 4 nitrogen and oxygen atoms in total. The van der Waals surface area contributed by atoms with E-state index in [-0.39, 0.29) is 22.8 Å². The van der Waals surface area contributed by atoms with E-state index in [9.17, 15) is 13.2 Å². The second kappa shape index (κ2) is 9.05. The molecule has 1 atom stereocenters. The first-order chi connectivity index (χ1) is 13.8. The Morgan fingerprint density at radius 2 is 1.28 bits per heavy atom. The Morgan fingerprint density at radius 1 is 0.793 bits per heavy atom. The number of rotatable bonds is 7. The monoisotopic (exact) mass is 407 g/mol. The summed E-state index contributed by atoms with van der Waals surface area (Å²) in [5.41, 5.74) is 3.06. The van der Waals surface area contributed by atoms with Crippen molar-refractivity contribution in [3.8, 4) is 0 Å². The molecule has 3 rings (SSSR count). The molecule has 0 aliphatic rings. The van der Waals surface area contributed by atoms with Gasteiger partial charge in [0.1, 0.15) is 0 Å². The van der Waals surface area contributed by atoms with Gasteiger partial charge in [0, 0.05) is 18.6 Å². The highest BCUT2D eigenvalue weighted by atomic mass is 32.2. The van der Waals surface area contributed by atoms with E-state index >= 15 is 0 Å². The molecule has 0 fully saturated rings. The maximum Gasteiger partial charge on any atom is 0.221 e. The van der Waals surface area contributed by atoms with Crippen LogP contribution in [0.4, 0.5) is 0 Å². The summed E-state index contributed by atoms with van der Waals surface area (Å²) >= 11 is 0. The van der Waals surface area contributed by atoms with Crippen molar-refractivity contribution in [3.05, 3.63) is 102 Å². The molecule has 150 valence electrons. The molecule has 0 saturated heterocycles. The lowest BCUT2D eigenvalue weighted by molar-refractivity contribution is -0.121. The Bertz CT molecular complexity index is 1010. The smallest absolute Gasteiger partial charge is 0.221 e. The van der Waals surface area contributed by atoms with E-state index in [2.05, 4.69) is 5.32 Å². The molecule has 0 spiro atoms. The number of amides is 1. The van der Waals surface area contributed by atoms with Crippen LogP contribution in [-0.4, -0.2) is 20.6 Å². The van der Waals surface area contributed by atoms with Crippen molar-refractivity contribution in [1.82, 2.24) is 5.32 Å². The minimum Gasteiger partial charge on any atom is -0.350 e. The fourth-order valence-corrected chi connectivity index (χ4v) is 4.00. The van der Waals surface area contributed by atoms with Gasteiger partial charge in [0.25, 0.3) is 0 Å². The summed E-state index contributed by atoms with van der Waals surface area (Å²) in [4.78, 5) is 13.1. The van der Waals surface area contributed by atoms with Gasteiger partial charge < -0.3 is 5.32 Å². The molecule has 1 N–H and O–H groups in total. The van der Waals surface area contributed by atoms with Crippen molar-refractivity contribution in [2.45, 2.75) is 30.2 Å². The minimum atomic E-state index is -3.23. The standard InChI is InChI=1S/C24H25NO3S/c1-18(19-13-15-22(16-14-19)29(2,27)28)25-24(26)17-23(20-9-5-3-6-10-20)21-11-7-4-8-12-21/h3-16,18,23H,17H2,1-2H3,(H,25,26)/t18-/m0/s1. The van der Waals surface area contributed by atoms with Gasteiger partial charge in [-0.05, 0) is 35.7 Å². The Labute approximate surface area is 172 Å². The quantitative estimate of drug-likeness (QED) is 0.628. The van der Waals surface area contributed by atoms with E-state index in [0.717, 1.165) is 16.7 Å². The zero-order chi connectivity index (χ0) is 20.9. The Balaban J connectivity index is 1.73. The lowest BCUT2D eigenvalue weighted by Gasteiger charge is -2.20. The number of benzene rings is 3. The normalized spacial score (nSPS) is 12.5. The molecule has 0 heterocycles. The molecule has 0 bridgehead atoms. The van der Waals surface area contributed by atoms with E-state index in [1.165, 1.54) is 6.26 Å². The van der Waals surface area contributed by atoms with Crippen LogP contribution in [0.5, 0.6) is 0 Å². The van der Waals surface area contributed by atoms with Gasteiger partial charge in [-0.15, -0.1) is 0 Å². The first-order valence-electron chi connectivity index (χ1n) is 9.54. The molecule has 0 aromatic heterocycles. The number of hydrogen-bond donors (Lipinski definition) is 1. The van der Waals surface area contributed by atoms with E-state index in [1.54, 1.807) is 24.3 Å². The van der Waals surface area contributed by atoms with Gasteiger partial charge in [-0.25, -0.2) is 8.42 Å². The number of nitrogens with one attached hydrogen (secondary N) is 1. The average molecular weight is 408 g/mol. The van der Waals surface area contributed by atoms with Gasteiger partial charge in [-0.3, -0.25) is 4.79 Å². The zero-order valence-electron chi connectivity index (χ0n) is 16.6. The lowest BCUT2D eigenvalue weighted by atomic mass is 9.88. The third kappa shape index (κ3) is 5.55. The average Bonchev–Trinajstić information content (AvgIpc) is 2.73. The molecule has 0 unspecified atom stereocenters. The van der Waals surface area contributed by atoms with Crippen LogP contribution in [0.3, 0.4) is 0 Å². The molecule has 3 aromatic rings. The van der Waals surface area contributed by atoms with Gasteiger partial charge >= 0.3 is 0 Å². The maximum atomic E-state index is 12.8. The van der Waals surface area contributed by atoms with Gasteiger partial charge in [-0.1, -0.05) is 72.8 Å². The van der Waals surface area contributed by atoms with Gasteiger partial charge in [0.2, 0.25) is 5.91 Å². The van der Waals surface area contributed by atoms with Crippen molar-refractivity contribution < 1.29 is 13.2 Å². The van der Waals surface area contributed by atoms with Crippen molar-refractivity contribution in [1.29, 1.82) is 0 Å². The number of carbonyl (C=O) groups is 1. The second-order valence-electron chi connectivity index (χ2n) is 7.21. The van der Waals surface area contributed by atoms with Crippen LogP contribution >= 0.6 is 0 Å². The highest BCUT2D eigenvalue weighted by Crippen LogP contribution is 2.28. The van der Waals surface area contributed by atoms with Crippen LogP contribution in [-0.2, 0) is 14.6 Å². The van der Waals surface area contributed by atoms with Crippen LogP contribution in [0.2, 0.25) is 0 Å². The van der Waals surface area contributed by atoms with E-state index in [4.69, 9.17) is 0 Å². The summed E-state index contributed by atoms with van der Waals surface area (Å²) in [6.45, 7) is 1.90. The molecule has 3 aromatic carbocycles.